The molecule has 16 heavy (non-hydrogen) atoms. The van der Waals surface area contributed by atoms with E-state index in [2.05, 4.69) is 11.1 Å². The first-order valence-electron chi connectivity index (χ1n) is 5.17. The molecule has 6 heteroatoms. The van der Waals surface area contributed by atoms with E-state index in [9.17, 15) is 8.42 Å². The second kappa shape index (κ2) is 4.73. The number of thioether (sulfide) groups is 1. The number of hydrogen-bond acceptors (Lipinski definition) is 4. The third kappa shape index (κ3) is 3.20. The smallest absolute Gasteiger partial charge is 0.209 e. The van der Waals surface area contributed by atoms with Crippen LogP contribution in [0.15, 0.2) is 17.2 Å². The molecule has 0 atom stereocenters. The Bertz CT molecular complexity index is 486. The van der Waals surface area contributed by atoms with E-state index in [1.54, 1.807) is 0 Å². The molecule has 88 valence electrons. The van der Waals surface area contributed by atoms with Crippen molar-refractivity contribution in [3.63, 3.8) is 0 Å². The highest BCUT2D eigenvalue weighted by molar-refractivity contribution is 8.00. The molecule has 2 rings (SSSR count). The third-order valence-corrected chi connectivity index (χ3v) is 4.48. The van der Waals surface area contributed by atoms with Gasteiger partial charge in [-0.1, -0.05) is 6.07 Å². The largest absolute Gasteiger partial charge is 0.246 e. The fraction of sp³-hybridized carbons (Fsp3) is 0.500. The van der Waals surface area contributed by atoms with Crippen molar-refractivity contribution in [2.45, 2.75) is 24.3 Å². The average Bonchev–Trinajstić information content (AvgIpc) is 2.62. The molecule has 2 N–H and O–H groups in total. The number of rotatable bonds is 4. The lowest BCUT2D eigenvalue weighted by atomic mass is 10.2. The predicted octanol–water partition coefficient (Wildman–Crippen LogP) is 0.951. The monoisotopic (exact) mass is 258 g/mol. The van der Waals surface area contributed by atoms with Crippen LogP contribution in [0.3, 0.4) is 0 Å². The van der Waals surface area contributed by atoms with Crippen molar-refractivity contribution in [1.29, 1.82) is 0 Å². The number of primary sulfonamides is 1. The van der Waals surface area contributed by atoms with Gasteiger partial charge in [0.2, 0.25) is 10.0 Å². The first kappa shape index (κ1) is 11.9. The lowest BCUT2D eigenvalue weighted by Crippen LogP contribution is -2.17. The van der Waals surface area contributed by atoms with Gasteiger partial charge in [0.15, 0.2) is 0 Å². The summed E-state index contributed by atoms with van der Waals surface area (Å²) >= 11 is 1.44. The van der Waals surface area contributed by atoms with Gasteiger partial charge >= 0.3 is 0 Å². The van der Waals surface area contributed by atoms with Crippen molar-refractivity contribution in [2.75, 3.05) is 11.5 Å². The van der Waals surface area contributed by atoms with E-state index in [0.29, 0.717) is 5.75 Å². The average molecular weight is 258 g/mol. The maximum Gasteiger partial charge on any atom is 0.209 e. The molecule has 1 aliphatic carbocycles. The molecule has 1 aromatic rings. The summed E-state index contributed by atoms with van der Waals surface area (Å²) < 4.78 is 21.5. The molecule has 0 aromatic carbocycles. The summed E-state index contributed by atoms with van der Waals surface area (Å²) in [4.78, 5) is 4.50. The molecule has 0 aliphatic heterocycles. The van der Waals surface area contributed by atoms with Crippen LogP contribution in [0.25, 0.3) is 0 Å². The quantitative estimate of drug-likeness (QED) is 0.816. The van der Waals surface area contributed by atoms with Crippen LogP contribution < -0.4 is 5.14 Å². The van der Waals surface area contributed by atoms with E-state index >= 15 is 0 Å². The zero-order valence-corrected chi connectivity index (χ0v) is 10.5. The summed E-state index contributed by atoms with van der Waals surface area (Å²) in [5.74, 6) is 0.459. The summed E-state index contributed by atoms with van der Waals surface area (Å²) in [6.45, 7) is 0. The van der Waals surface area contributed by atoms with Gasteiger partial charge in [0.05, 0.1) is 10.8 Å². The molecule has 0 spiro atoms. The molecule has 1 heterocycles. The lowest BCUT2D eigenvalue weighted by Gasteiger charge is -2.03. The maximum atomic E-state index is 10.8. The van der Waals surface area contributed by atoms with E-state index in [-0.39, 0.29) is 5.75 Å². The van der Waals surface area contributed by atoms with Crippen LogP contribution in [-0.2, 0) is 22.9 Å². The van der Waals surface area contributed by atoms with Crippen molar-refractivity contribution >= 4 is 21.8 Å². The van der Waals surface area contributed by atoms with Crippen LogP contribution in [0.1, 0.15) is 17.7 Å². The summed E-state index contributed by atoms with van der Waals surface area (Å²) in [6, 6.07) is 4.05. The molecule has 0 radical (unpaired) electrons. The second-order valence-corrected chi connectivity index (χ2v) is 6.67. The van der Waals surface area contributed by atoms with E-state index in [1.165, 1.54) is 29.4 Å². The fourth-order valence-corrected chi connectivity index (χ4v) is 3.55. The molecule has 1 aromatic heterocycles. The zero-order valence-electron chi connectivity index (χ0n) is 8.85. The number of pyridine rings is 1. The van der Waals surface area contributed by atoms with Gasteiger partial charge in [-0.05, 0) is 30.9 Å². The SMILES string of the molecule is NS(=O)(=O)CCSc1ccc2c(n1)CCC2. The molecule has 0 amide bonds. The second-order valence-electron chi connectivity index (χ2n) is 3.82. The van der Waals surface area contributed by atoms with Crippen molar-refractivity contribution in [3.05, 3.63) is 23.4 Å². The maximum absolute atomic E-state index is 10.8. The molecule has 0 saturated carbocycles. The molecule has 1 aliphatic rings. The number of aromatic nitrogens is 1. The van der Waals surface area contributed by atoms with E-state index in [4.69, 9.17) is 5.14 Å². The fourth-order valence-electron chi connectivity index (χ4n) is 1.74. The van der Waals surface area contributed by atoms with Gasteiger partial charge in [0.25, 0.3) is 0 Å². The van der Waals surface area contributed by atoms with Crippen LogP contribution in [0.5, 0.6) is 0 Å². The number of hydrogen-bond donors (Lipinski definition) is 1. The summed E-state index contributed by atoms with van der Waals surface area (Å²) in [5.41, 5.74) is 2.50. The van der Waals surface area contributed by atoms with Gasteiger partial charge in [-0.25, -0.2) is 18.5 Å². The Kier molecular flexibility index (Phi) is 3.51. The molecular weight excluding hydrogens is 244 g/mol. The Morgan fingerprint density at radius 3 is 2.94 bits per heavy atom. The van der Waals surface area contributed by atoms with E-state index in [1.807, 2.05) is 6.07 Å². The number of fused-ring (bicyclic) bond motifs is 1. The number of sulfonamides is 1. The minimum atomic E-state index is -3.35. The Balaban J connectivity index is 1.95. The Morgan fingerprint density at radius 2 is 2.19 bits per heavy atom. The zero-order chi connectivity index (χ0) is 11.6. The van der Waals surface area contributed by atoms with Crippen LogP contribution in [0.2, 0.25) is 0 Å². The number of aryl methyl sites for hydroxylation is 2. The van der Waals surface area contributed by atoms with Gasteiger partial charge in [0, 0.05) is 11.4 Å². The van der Waals surface area contributed by atoms with Gasteiger partial charge in [-0.2, -0.15) is 0 Å². The molecular formula is C10H14N2O2S2. The van der Waals surface area contributed by atoms with Gasteiger partial charge in [0.1, 0.15) is 0 Å². The third-order valence-electron chi connectivity index (χ3n) is 2.52. The molecule has 0 fully saturated rings. The van der Waals surface area contributed by atoms with Crippen molar-refractivity contribution in [3.8, 4) is 0 Å². The number of nitrogens with zero attached hydrogens (tertiary/aromatic N) is 1. The first-order chi connectivity index (χ1) is 7.54. The van der Waals surface area contributed by atoms with Gasteiger partial charge < -0.3 is 0 Å². The van der Waals surface area contributed by atoms with Crippen molar-refractivity contribution < 1.29 is 8.42 Å². The lowest BCUT2D eigenvalue weighted by molar-refractivity contribution is 0.599. The minimum absolute atomic E-state index is 0.00354. The van der Waals surface area contributed by atoms with Crippen LogP contribution in [-0.4, -0.2) is 24.9 Å². The van der Waals surface area contributed by atoms with Crippen LogP contribution in [0.4, 0.5) is 0 Å². The Labute approximate surface area is 99.7 Å². The van der Waals surface area contributed by atoms with Crippen LogP contribution in [0, 0.1) is 0 Å². The summed E-state index contributed by atoms with van der Waals surface area (Å²) in [5, 5.41) is 5.82. The van der Waals surface area contributed by atoms with E-state index in [0.717, 1.165) is 17.9 Å². The normalized spacial score (nSPS) is 15.1. The van der Waals surface area contributed by atoms with Crippen LogP contribution >= 0.6 is 11.8 Å². The highest BCUT2D eigenvalue weighted by Crippen LogP contribution is 2.24. The summed E-state index contributed by atoms with van der Waals surface area (Å²) in [7, 11) is -3.35. The highest BCUT2D eigenvalue weighted by Gasteiger charge is 2.12. The molecule has 4 nitrogen and oxygen atoms in total. The topological polar surface area (TPSA) is 73.1 Å². The predicted molar refractivity (Wildman–Crippen MR) is 65.0 cm³/mol. The molecule has 0 bridgehead atoms. The standard InChI is InChI=1S/C10H14N2O2S2/c11-16(13,14)7-6-15-10-5-4-8-2-1-3-9(8)12-10/h4-5H,1-3,6-7H2,(H2,11,13,14). The minimum Gasteiger partial charge on any atom is -0.246 e. The first-order valence-corrected chi connectivity index (χ1v) is 7.87. The number of nitrogens with two attached hydrogens (primary N) is 1. The van der Waals surface area contributed by atoms with Gasteiger partial charge in [-0.3, -0.25) is 0 Å². The van der Waals surface area contributed by atoms with Gasteiger partial charge in [-0.15, -0.1) is 11.8 Å². The summed E-state index contributed by atoms with van der Waals surface area (Å²) in [6.07, 6.45) is 3.33. The molecule has 0 saturated heterocycles. The van der Waals surface area contributed by atoms with Crippen molar-refractivity contribution in [2.24, 2.45) is 5.14 Å². The molecule has 0 unspecified atom stereocenters. The van der Waals surface area contributed by atoms with E-state index < -0.39 is 10.0 Å². The highest BCUT2D eigenvalue weighted by atomic mass is 32.2. The Hall–Kier alpha value is -0.590. The van der Waals surface area contributed by atoms with Crippen molar-refractivity contribution in [1.82, 2.24) is 4.98 Å². The Morgan fingerprint density at radius 1 is 1.38 bits per heavy atom.